The molecule has 0 unspecified atom stereocenters. The normalized spacial score (nSPS) is 7.38. The van der Waals surface area contributed by atoms with Gasteiger partial charge in [-0.1, -0.05) is 135 Å². The third-order valence-electron chi connectivity index (χ3n) is 7.73. The van der Waals surface area contributed by atoms with Crippen molar-refractivity contribution in [2.24, 2.45) is 0 Å². The summed E-state index contributed by atoms with van der Waals surface area (Å²) in [7, 11) is 3.07. The van der Waals surface area contributed by atoms with Gasteiger partial charge in [-0.25, -0.2) is 34.5 Å². The molecular weight excluding hydrogens is 1050 g/mol. The van der Waals surface area contributed by atoms with E-state index >= 15 is 0 Å². The highest BCUT2D eigenvalue weighted by atomic mass is 16.5. The van der Waals surface area contributed by atoms with Gasteiger partial charge in [0.1, 0.15) is 23.1 Å². The van der Waals surface area contributed by atoms with Gasteiger partial charge in [-0.15, -0.1) is 12.8 Å². The highest BCUT2D eigenvalue weighted by molar-refractivity contribution is 5.89. The maximum absolute atomic E-state index is 11.2. The monoisotopic (exact) mass is 1130 g/mol. The summed E-state index contributed by atoms with van der Waals surface area (Å²) >= 11 is 0. The van der Waals surface area contributed by atoms with E-state index in [1.807, 2.05) is 171 Å². The number of ether oxygens (including phenoxy) is 2. The van der Waals surface area contributed by atoms with Crippen molar-refractivity contribution in [1.29, 1.82) is 0 Å². The Kier molecular flexibility index (Phi) is 59.2. The molecule has 0 aliphatic carbocycles. The first-order valence-electron chi connectivity index (χ1n) is 27.4. The summed E-state index contributed by atoms with van der Waals surface area (Å²) in [4.78, 5) is 42.9. The van der Waals surface area contributed by atoms with Crippen molar-refractivity contribution >= 4 is 35.1 Å². The third-order valence-corrected chi connectivity index (χ3v) is 7.73. The molecule has 0 aliphatic rings. The number of urea groups is 2. The van der Waals surface area contributed by atoms with Gasteiger partial charge in [-0.05, 0) is 160 Å². The summed E-state index contributed by atoms with van der Waals surface area (Å²) in [6, 6.07) is 25.2. The number of rotatable bonds is 8. The fraction of sp³-hybridized carbons (Fsp3) is 0.261. The number of pyridine rings is 3. The molecule has 0 saturated carbocycles. The van der Waals surface area contributed by atoms with Gasteiger partial charge in [-0.3, -0.25) is 0 Å². The SMILES string of the molecule is C#CC#CC#CC#CC#CC#CC#CC#CC#C.CC.CC.CC.CC.CC.CC.CC.CC.CNC(=O)Nc1ccc(Oc2ccc(-c3cccnc3N)cc2)nc1.CNC(=O)Nc1cnc(Oc2ccc(-c3cccnc3N)cc2)nc1. The largest absolute Gasteiger partial charge is 0.439 e. The number of anilines is 4. The van der Waals surface area contributed by atoms with E-state index in [-0.39, 0.29) is 18.1 Å². The minimum absolute atomic E-state index is 0.177. The molecule has 0 atom stereocenters. The van der Waals surface area contributed by atoms with Crippen LogP contribution >= 0.6 is 0 Å². The van der Waals surface area contributed by atoms with Gasteiger partial charge in [0.15, 0.2) is 0 Å². The molecule has 438 valence electrons. The maximum Gasteiger partial charge on any atom is 0.322 e. The van der Waals surface area contributed by atoms with Crippen molar-refractivity contribution < 1.29 is 19.1 Å². The summed E-state index contributed by atoms with van der Waals surface area (Å²) < 4.78 is 11.3. The van der Waals surface area contributed by atoms with Crippen LogP contribution in [0.3, 0.4) is 0 Å². The molecule has 4 aromatic heterocycles. The lowest BCUT2D eigenvalue weighted by Gasteiger charge is -2.08. The van der Waals surface area contributed by atoms with Crippen LogP contribution in [-0.4, -0.2) is 51.1 Å². The molecule has 0 bridgehead atoms. The standard InChI is InChI=1S/C18H17N5O2.C18H2.C17H16N6O2.8C2H6/c1-20-18(24)23-13-6-9-16(22-11-13)25-14-7-4-12(5-8-14)15-3-2-10-21-17(15)19;1-3-5-7-9-11-13-15-17-18-16-14-12-10-8-6-4-2;1-19-16(24)23-12-9-21-17(22-10-12)25-13-6-4-11(5-7-13)14-3-2-8-20-15(14)18;8*1-2/h2-11H,1H3,(H2,19,21)(H2,20,23,24);1-2H;2-10H,1H3,(H2,18,20)(H2,19,23,24);8*1-2H3. The van der Waals surface area contributed by atoms with E-state index in [0.717, 1.165) is 22.3 Å². The average molecular weight is 1130 g/mol. The molecule has 4 heterocycles. The smallest absolute Gasteiger partial charge is 0.322 e. The van der Waals surface area contributed by atoms with E-state index < -0.39 is 0 Å². The zero-order chi connectivity index (χ0) is 64.6. The second-order valence-electron chi connectivity index (χ2n) is 12.2. The van der Waals surface area contributed by atoms with Crippen molar-refractivity contribution in [1.82, 2.24) is 35.6 Å². The van der Waals surface area contributed by atoms with Crippen LogP contribution in [0.2, 0.25) is 0 Å². The number of carbonyl (C=O) groups excluding carboxylic acids is 2. The van der Waals surface area contributed by atoms with Gasteiger partial charge in [0.05, 0.1) is 30.0 Å². The number of hydrogen-bond donors (Lipinski definition) is 6. The van der Waals surface area contributed by atoms with Crippen LogP contribution in [0.25, 0.3) is 22.3 Å². The predicted octanol–water partition coefficient (Wildman–Crippen LogP) is 14.4. The molecule has 84 heavy (non-hydrogen) atoms. The molecule has 8 N–H and O–H groups in total. The van der Waals surface area contributed by atoms with Crippen LogP contribution in [0.15, 0.2) is 116 Å². The molecular formula is C69H83N11O4. The maximum atomic E-state index is 11.2. The summed E-state index contributed by atoms with van der Waals surface area (Å²) in [5.41, 5.74) is 16.4. The molecule has 15 heteroatoms. The van der Waals surface area contributed by atoms with Crippen LogP contribution in [0.4, 0.5) is 32.6 Å². The first-order chi connectivity index (χ1) is 41.2. The minimum atomic E-state index is -0.345. The van der Waals surface area contributed by atoms with Crippen molar-refractivity contribution in [3.8, 4) is 153 Å². The topological polar surface area (TPSA) is 217 Å². The Morgan fingerprint density at radius 2 is 0.726 bits per heavy atom. The molecule has 6 rings (SSSR count). The summed E-state index contributed by atoms with van der Waals surface area (Å²) in [5.74, 6) is 40.8. The molecule has 2 aromatic carbocycles. The van der Waals surface area contributed by atoms with Gasteiger partial charge in [-0.2, -0.15) is 0 Å². The number of amides is 4. The van der Waals surface area contributed by atoms with E-state index in [2.05, 4.69) is 141 Å². The number of nitrogens with two attached hydrogens (primary N) is 2. The van der Waals surface area contributed by atoms with Crippen molar-refractivity contribution in [3.63, 3.8) is 0 Å². The van der Waals surface area contributed by atoms with E-state index in [9.17, 15) is 9.59 Å². The molecule has 6 aromatic rings. The number of benzene rings is 2. The molecule has 0 radical (unpaired) electrons. The quantitative estimate of drug-likeness (QED) is 0.0788. The first kappa shape index (κ1) is 81.6. The van der Waals surface area contributed by atoms with Crippen LogP contribution in [-0.2, 0) is 0 Å². The lowest BCUT2D eigenvalue weighted by Crippen LogP contribution is -2.24. The van der Waals surface area contributed by atoms with Crippen LogP contribution in [0, 0.1) is 108 Å². The number of nitrogens with one attached hydrogen (secondary N) is 4. The van der Waals surface area contributed by atoms with Gasteiger partial charge >= 0.3 is 18.1 Å². The minimum Gasteiger partial charge on any atom is -0.439 e. The Morgan fingerprint density at radius 3 is 1.04 bits per heavy atom. The zero-order valence-corrected chi connectivity index (χ0v) is 52.1. The Bertz CT molecular complexity index is 3040. The van der Waals surface area contributed by atoms with Crippen molar-refractivity contribution in [3.05, 3.63) is 116 Å². The second-order valence-corrected chi connectivity index (χ2v) is 12.2. The van der Waals surface area contributed by atoms with E-state index in [0.29, 0.717) is 40.4 Å². The number of hydrogen-bond acceptors (Lipinski definition) is 11. The molecule has 4 amide bonds. The summed E-state index contributed by atoms with van der Waals surface area (Å²) in [5, 5.41) is 10.1. The van der Waals surface area contributed by atoms with Crippen LogP contribution in [0.1, 0.15) is 111 Å². The first-order valence-corrected chi connectivity index (χ1v) is 27.4. The number of aromatic nitrogens is 5. The Balaban J connectivity index is -0.000000335. The van der Waals surface area contributed by atoms with E-state index in [1.54, 1.807) is 43.7 Å². The predicted molar refractivity (Wildman–Crippen MR) is 354 cm³/mol. The van der Waals surface area contributed by atoms with E-state index in [4.69, 9.17) is 33.8 Å². The van der Waals surface area contributed by atoms with Crippen molar-refractivity contribution in [2.45, 2.75) is 111 Å². The number of carbonyl (C=O) groups is 2. The van der Waals surface area contributed by atoms with E-state index in [1.165, 1.54) is 25.6 Å². The van der Waals surface area contributed by atoms with Gasteiger partial charge in [0, 0.05) is 43.7 Å². The molecule has 15 nitrogen and oxygen atoms in total. The Labute approximate surface area is 503 Å². The lowest BCUT2D eigenvalue weighted by molar-refractivity contribution is 0.253. The molecule has 0 fully saturated rings. The second kappa shape index (κ2) is 61.0. The third kappa shape index (κ3) is 39.2. The lowest BCUT2D eigenvalue weighted by atomic mass is 10.1. The van der Waals surface area contributed by atoms with Crippen molar-refractivity contribution in [2.75, 3.05) is 36.2 Å². The highest BCUT2D eigenvalue weighted by Crippen LogP contribution is 2.29. The van der Waals surface area contributed by atoms with Gasteiger partial charge < -0.3 is 42.2 Å². The summed E-state index contributed by atoms with van der Waals surface area (Å²) in [6.07, 6.45) is 17.5. The van der Waals surface area contributed by atoms with Gasteiger partial charge in [0.25, 0.3) is 0 Å². The highest BCUT2D eigenvalue weighted by Gasteiger charge is 2.08. The van der Waals surface area contributed by atoms with Crippen LogP contribution in [0.5, 0.6) is 23.4 Å². The van der Waals surface area contributed by atoms with Gasteiger partial charge in [0.2, 0.25) is 5.88 Å². The number of nitrogens with zero attached hydrogens (tertiary/aromatic N) is 5. The zero-order valence-electron chi connectivity index (χ0n) is 52.1. The Morgan fingerprint density at radius 1 is 0.405 bits per heavy atom. The summed E-state index contributed by atoms with van der Waals surface area (Å²) in [6.45, 7) is 32.0. The Hall–Kier alpha value is -11.3. The molecule has 0 spiro atoms. The molecule has 0 aliphatic heterocycles. The van der Waals surface area contributed by atoms with Crippen LogP contribution < -0.4 is 42.2 Å². The fourth-order valence-corrected chi connectivity index (χ4v) is 4.74. The average Bonchev–Trinajstić information content (AvgIpc) is 3.70. The fourth-order valence-electron chi connectivity index (χ4n) is 4.74. The number of terminal acetylenes is 2. The molecule has 0 saturated heterocycles. The number of nitrogen functional groups attached to an aromatic ring is 2.